The van der Waals surface area contributed by atoms with E-state index in [4.69, 9.17) is 39.5 Å². The van der Waals surface area contributed by atoms with Crippen LogP contribution in [0.5, 0.6) is 5.75 Å². The van der Waals surface area contributed by atoms with Crippen LogP contribution in [0.25, 0.3) is 0 Å². The van der Waals surface area contributed by atoms with E-state index >= 15 is 0 Å². The first-order valence-electron chi connectivity index (χ1n) is 6.95. The second-order valence-corrected chi connectivity index (χ2v) is 6.76. The molecule has 2 aromatic carbocycles. The highest BCUT2D eigenvalue weighted by molar-refractivity contribution is 6.35. The van der Waals surface area contributed by atoms with Gasteiger partial charge in [0, 0.05) is 21.6 Å². The topological polar surface area (TPSA) is 38.3 Å². The van der Waals surface area contributed by atoms with Gasteiger partial charge >= 0.3 is 0 Å². The van der Waals surface area contributed by atoms with Crippen LogP contribution < -0.4 is 10.1 Å². The fraction of sp³-hybridized carbons (Fsp3) is 0.235. The zero-order valence-corrected chi connectivity index (χ0v) is 15.0. The van der Waals surface area contributed by atoms with Crippen molar-refractivity contribution in [1.29, 1.82) is 0 Å². The largest absolute Gasteiger partial charge is 0.478 e. The van der Waals surface area contributed by atoms with E-state index in [1.807, 2.05) is 0 Å². The number of hydrogen-bond acceptors (Lipinski definition) is 2. The van der Waals surface area contributed by atoms with Crippen molar-refractivity contribution in [3.63, 3.8) is 0 Å². The molecule has 0 bridgehead atoms. The van der Waals surface area contributed by atoms with Gasteiger partial charge in [-0.25, -0.2) is 0 Å². The third-order valence-corrected chi connectivity index (χ3v) is 4.03. The van der Waals surface area contributed by atoms with E-state index in [0.717, 1.165) is 5.56 Å². The zero-order chi connectivity index (χ0) is 17.0. The van der Waals surface area contributed by atoms with Gasteiger partial charge in [-0.15, -0.1) is 0 Å². The average molecular weight is 373 g/mol. The number of amides is 1. The Morgan fingerprint density at radius 3 is 2.26 bits per heavy atom. The van der Waals surface area contributed by atoms with Crippen LogP contribution in [0.1, 0.15) is 19.4 Å². The Hall–Kier alpha value is -1.42. The molecule has 1 N–H and O–H groups in total. The summed E-state index contributed by atoms with van der Waals surface area (Å²) in [4.78, 5) is 12.4. The quantitative estimate of drug-likeness (QED) is 0.791. The predicted molar refractivity (Wildman–Crippen MR) is 94.5 cm³/mol. The molecule has 6 heteroatoms. The Labute approximate surface area is 150 Å². The van der Waals surface area contributed by atoms with Crippen molar-refractivity contribution in [2.75, 3.05) is 0 Å². The minimum absolute atomic E-state index is 0.251. The highest BCUT2D eigenvalue weighted by atomic mass is 35.5. The number of benzene rings is 2. The van der Waals surface area contributed by atoms with E-state index in [-0.39, 0.29) is 5.91 Å². The van der Waals surface area contributed by atoms with E-state index < -0.39 is 5.60 Å². The average Bonchev–Trinajstić information content (AvgIpc) is 2.48. The number of carbonyl (C=O) groups is 1. The molecule has 0 aliphatic heterocycles. The molecular formula is C17H16Cl3NO2. The maximum atomic E-state index is 12.4. The maximum Gasteiger partial charge on any atom is 0.263 e. The number of nitrogens with one attached hydrogen (secondary N) is 1. The first kappa shape index (κ1) is 17.9. The summed E-state index contributed by atoms with van der Waals surface area (Å²) in [6.07, 6.45) is 0. The molecule has 3 nitrogen and oxygen atoms in total. The fourth-order valence-electron chi connectivity index (χ4n) is 1.90. The second-order valence-electron chi connectivity index (χ2n) is 5.48. The van der Waals surface area contributed by atoms with Gasteiger partial charge in [-0.05, 0) is 55.8 Å². The summed E-state index contributed by atoms with van der Waals surface area (Å²) in [6, 6.07) is 12.0. The normalized spacial score (nSPS) is 11.2. The molecule has 0 radical (unpaired) electrons. The van der Waals surface area contributed by atoms with Crippen molar-refractivity contribution in [2.45, 2.75) is 26.0 Å². The molecule has 0 aromatic heterocycles. The smallest absolute Gasteiger partial charge is 0.263 e. The summed E-state index contributed by atoms with van der Waals surface area (Å²) in [7, 11) is 0. The first-order chi connectivity index (χ1) is 10.8. The van der Waals surface area contributed by atoms with Crippen LogP contribution in [0.4, 0.5) is 0 Å². The van der Waals surface area contributed by atoms with Gasteiger partial charge in [-0.1, -0.05) is 40.9 Å². The van der Waals surface area contributed by atoms with Crippen molar-refractivity contribution in [3.05, 3.63) is 63.1 Å². The SMILES string of the molecule is CC(C)(Oc1ccc(Cl)cc1)C(=O)NCc1ccc(Cl)cc1Cl. The van der Waals surface area contributed by atoms with Crippen LogP contribution in [-0.2, 0) is 11.3 Å². The van der Waals surface area contributed by atoms with E-state index in [1.54, 1.807) is 56.3 Å². The molecule has 23 heavy (non-hydrogen) atoms. The maximum absolute atomic E-state index is 12.4. The molecule has 122 valence electrons. The van der Waals surface area contributed by atoms with E-state index in [2.05, 4.69) is 5.32 Å². The van der Waals surface area contributed by atoms with Crippen LogP contribution in [0, 0.1) is 0 Å². The third kappa shape index (κ3) is 5.03. The number of hydrogen-bond donors (Lipinski definition) is 1. The lowest BCUT2D eigenvalue weighted by Gasteiger charge is -2.25. The van der Waals surface area contributed by atoms with E-state index in [9.17, 15) is 4.79 Å². The lowest BCUT2D eigenvalue weighted by atomic mass is 10.1. The summed E-state index contributed by atoms with van der Waals surface area (Å²) in [5.74, 6) is 0.317. The molecule has 0 saturated carbocycles. The molecule has 2 rings (SSSR count). The second kappa shape index (κ2) is 7.43. The molecule has 0 saturated heterocycles. The molecule has 0 aliphatic carbocycles. The molecular weight excluding hydrogens is 357 g/mol. The summed E-state index contributed by atoms with van der Waals surface area (Å²) >= 11 is 17.8. The highest BCUT2D eigenvalue weighted by Crippen LogP contribution is 2.23. The van der Waals surface area contributed by atoms with Crippen molar-refractivity contribution >= 4 is 40.7 Å². The summed E-state index contributed by atoms with van der Waals surface area (Å²) < 4.78 is 5.73. The minimum atomic E-state index is -1.03. The molecule has 2 aromatic rings. The Morgan fingerprint density at radius 1 is 1.04 bits per heavy atom. The van der Waals surface area contributed by atoms with Gasteiger partial charge in [0.1, 0.15) is 5.75 Å². The van der Waals surface area contributed by atoms with Crippen LogP contribution in [0.3, 0.4) is 0 Å². The van der Waals surface area contributed by atoms with Gasteiger partial charge < -0.3 is 10.1 Å². The molecule has 0 atom stereocenters. The van der Waals surface area contributed by atoms with Crippen LogP contribution in [0.2, 0.25) is 15.1 Å². The summed E-state index contributed by atoms with van der Waals surface area (Å²) in [5.41, 5.74) is -0.251. The van der Waals surface area contributed by atoms with Gasteiger partial charge in [0.25, 0.3) is 5.91 Å². The molecule has 0 unspecified atom stereocenters. The molecule has 1 amide bonds. The first-order valence-corrected chi connectivity index (χ1v) is 8.08. The monoisotopic (exact) mass is 371 g/mol. The predicted octanol–water partition coefficient (Wildman–Crippen LogP) is 5.12. The standard InChI is InChI=1S/C17H16Cl3NO2/c1-17(2,23-14-7-5-12(18)6-8-14)16(22)21-10-11-3-4-13(19)9-15(11)20/h3-9H,10H2,1-2H3,(H,21,22). The minimum Gasteiger partial charge on any atom is -0.478 e. The Morgan fingerprint density at radius 2 is 1.65 bits per heavy atom. The fourth-order valence-corrected chi connectivity index (χ4v) is 2.50. The van der Waals surface area contributed by atoms with Gasteiger partial charge in [0.05, 0.1) is 0 Å². The van der Waals surface area contributed by atoms with Crippen molar-refractivity contribution in [3.8, 4) is 5.75 Å². The molecule has 0 heterocycles. The third-order valence-electron chi connectivity index (χ3n) is 3.19. The van der Waals surface area contributed by atoms with Crippen molar-refractivity contribution in [2.24, 2.45) is 0 Å². The van der Waals surface area contributed by atoms with E-state index in [0.29, 0.717) is 27.4 Å². The Balaban J connectivity index is 1.99. The van der Waals surface area contributed by atoms with Crippen molar-refractivity contribution < 1.29 is 9.53 Å². The highest BCUT2D eigenvalue weighted by Gasteiger charge is 2.29. The zero-order valence-electron chi connectivity index (χ0n) is 12.7. The van der Waals surface area contributed by atoms with Gasteiger partial charge in [0.15, 0.2) is 5.60 Å². The van der Waals surface area contributed by atoms with Crippen LogP contribution >= 0.6 is 34.8 Å². The summed E-state index contributed by atoms with van der Waals surface area (Å²) in [5, 5.41) is 4.48. The van der Waals surface area contributed by atoms with Gasteiger partial charge in [0.2, 0.25) is 0 Å². The Bertz CT molecular complexity index is 699. The molecule has 0 fully saturated rings. The lowest BCUT2D eigenvalue weighted by molar-refractivity contribution is -0.134. The Kier molecular flexibility index (Phi) is 5.79. The number of rotatable bonds is 5. The number of halogens is 3. The molecule has 0 spiro atoms. The van der Waals surface area contributed by atoms with Gasteiger partial charge in [-0.2, -0.15) is 0 Å². The van der Waals surface area contributed by atoms with Crippen LogP contribution in [-0.4, -0.2) is 11.5 Å². The van der Waals surface area contributed by atoms with Crippen molar-refractivity contribution in [1.82, 2.24) is 5.32 Å². The van der Waals surface area contributed by atoms with Gasteiger partial charge in [-0.3, -0.25) is 4.79 Å². The molecule has 0 aliphatic rings. The number of ether oxygens (including phenoxy) is 1. The van der Waals surface area contributed by atoms with E-state index in [1.165, 1.54) is 0 Å². The van der Waals surface area contributed by atoms with Crippen LogP contribution in [0.15, 0.2) is 42.5 Å². The number of carbonyl (C=O) groups excluding carboxylic acids is 1. The summed E-state index contributed by atoms with van der Waals surface area (Å²) in [6.45, 7) is 3.68. The lowest BCUT2D eigenvalue weighted by Crippen LogP contribution is -2.46.